The number of rotatable bonds is 19. The minimum atomic E-state index is 0.0352. The van der Waals surface area contributed by atoms with Crippen LogP contribution in [0, 0.1) is 5.92 Å². The summed E-state index contributed by atoms with van der Waals surface area (Å²) < 4.78 is 0. The second-order valence-corrected chi connectivity index (χ2v) is 11.6. The summed E-state index contributed by atoms with van der Waals surface area (Å²) in [5.74, 6) is 1.97. The average Bonchev–Trinajstić information content (AvgIpc) is 3.32. The fourth-order valence-electron chi connectivity index (χ4n) is 5.36. The van der Waals surface area contributed by atoms with Gasteiger partial charge in [-0.3, -0.25) is 10.1 Å². The lowest BCUT2D eigenvalue weighted by Crippen LogP contribution is -2.45. The number of carbonyl (C=O) groups is 1. The van der Waals surface area contributed by atoms with E-state index in [2.05, 4.69) is 17.6 Å². The van der Waals surface area contributed by atoms with Gasteiger partial charge in [0.05, 0.1) is 11.4 Å². The standard InChI is InChI=1S/C28H54N2OS/c1-2-3-4-5-6-7-8-9-10-11-12-13-14-15-16-20-23-29-27(31)26-24-32-28(30-26)25-21-18-17-19-22-25/h25-26,28,30H,2-24H2,1H3,(H,29,31)/t26-,28?/m1/s1. The Kier molecular flexibility index (Phi) is 16.7. The largest absolute Gasteiger partial charge is 0.355 e. The van der Waals surface area contributed by atoms with Crippen LogP contribution in [0.25, 0.3) is 0 Å². The van der Waals surface area contributed by atoms with Crippen LogP contribution in [-0.2, 0) is 4.79 Å². The Hall–Kier alpha value is -0.220. The topological polar surface area (TPSA) is 41.1 Å². The van der Waals surface area contributed by atoms with E-state index in [4.69, 9.17) is 0 Å². The highest BCUT2D eigenvalue weighted by Crippen LogP contribution is 2.34. The van der Waals surface area contributed by atoms with Gasteiger partial charge >= 0.3 is 0 Å². The SMILES string of the molecule is CCCCCCCCCCCCCCCCCCNC(=O)[C@H]1CSC(C2CCCCC2)N1. The van der Waals surface area contributed by atoms with Crippen molar-refractivity contribution >= 4 is 17.7 Å². The second-order valence-electron chi connectivity index (χ2n) is 10.5. The maximum atomic E-state index is 12.4. The Balaban J connectivity index is 1.30. The molecular formula is C28H54N2OS. The van der Waals surface area contributed by atoms with E-state index in [1.165, 1.54) is 128 Å². The fourth-order valence-corrected chi connectivity index (χ4v) is 6.81. The van der Waals surface area contributed by atoms with E-state index < -0.39 is 0 Å². The van der Waals surface area contributed by atoms with Gasteiger partial charge in [-0.1, -0.05) is 122 Å². The predicted molar refractivity (Wildman–Crippen MR) is 142 cm³/mol. The van der Waals surface area contributed by atoms with E-state index in [1.807, 2.05) is 11.8 Å². The summed E-state index contributed by atoms with van der Waals surface area (Å²) in [4.78, 5) is 12.4. The first-order valence-electron chi connectivity index (χ1n) is 14.5. The summed E-state index contributed by atoms with van der Waals surface area (Å²) in [5.41, 5.74) is 0. The van der Waals surface area contributed by atoms with Crippen molar-refractivity contribution in [2.24, 2.45) is 5.92 Å². The lowest BCUT2D eigenvalue weighted by Gasteiger charge is -2.27. The molecule has 2 rings (SSSR count). The van der Waals surface area contributed by atoms with Crippen LogP contribution in [-0.4, -0.2) is 29.6 Å². The van der Waals surface area contributed by atoms with Gasteiger partial charge in [0, 0.05) is 12.3 Å². The quantitative estimate of drug-likeness (QED) is 0.190. The van der Waals surface area contributed by atoms with E-state index in [0.29, 0.717) is 5.37 Å². The van der Waals surface area contributed by atoms with Gasteiger partial charge in [0.2, 0.25) is 5.91 Å². The third-order valence-corrected chi connectivity index (χ3v) is 8.94. The van der Waals surface area contributed by atoms with Crippen molar-refractivity contribution in [1.29, 1.82) is 0 Å². The molecule has 2 aliphatic rings. The van der Waals surface area contributed by atoms with Crippen molar-refractivity contribution in [2.75, 3.05) is 12.3 Å². The van der Waals surface area contributed by atoms with Gasteiger partial charge in [0.1, 0.15) is 0 Å². The number of hydrogen-bond acceptors (Lipinski definition) is 3. The van der Waals surface area contributed by atoms with Gasteiger partial charge < -0.3 is 5.32 Å². The molecule has 0 aromatic heterocycles. The summed E-state index contributed by atoms with van der Waals surface area (Å²) in [5, 5.41) is 7.32. The van der Waals surface area contributed by atoms with Crippen LogP contribution >= 0.6 is 11.8 Å². The Morgan fingerprint density at radius 1 is 0.750 bits per heavy atom. The van der Waals surface area contributed by atoms with Crippen molar-refractivity contribution < 1.29 is 4.79 Å². The third-order valence-electron chi connectivity index (χ3n) is 7.53. The van der Waals surface area contributed by atoms with Crippen molar-refractivity contribution in [2.45, 2.75) is 153 Å². The molecule has 2 atom stereocenters. The molecule has 0 radical (unpaired) electrons. The molecule has 1 heterocycles. The van der Waals surface area contributed by atoms with Gasteiger partial charge in [-0.2, -0.15) is 0 Å². The first kappa shape index (κ1) is 28.0. The van der Waals surface area contributed by atoms with Gasteiger partial charge in [-0.15, -0.1) is 11.8 Å². The van der Waals surface area contributed by atoms with E-state index in [0.717, 1.165) is 24.6 Å². The monoisotopic (exact) mass is 466 g/mol. The molecule has 1 unspecified atom stereocenters. The molecule has 188 valence electrons. The highest BCUT2D eigenvalue weighted by Gasteiger charge is 2.34. The van der Waals surface area contributed by atoms with Crippen LogP contribution in [0.3, 0.4) is 0 Å². The Morgan fingerprint density at radius 3 is 1.78 bits per heavy atom. The molecule has 1 aliphatic heterocycles. The van der Waals surface area contributed by atoms with E-state index in [-0.39, 0.29) is 11.9 Å². The molecule has 0 aromatic rings. The lowest BCUT2D eigenvalue weighted by atomic mass is 9.89. The van der Waals surface area contributed by atoms with Gasteiger partial charge in [0.25, 0.3) is 0 Å². The first-order valence-corrected chi connectivity index (χ1v) is 15.5. The van der Waals surface area contributed by atoms with Gasteiger partial charge in [-0.25, -0.2) is 0 Å². The average molecular weight is 467 g/mol. The predicted octanol–water partition coefficient (Wildman–Crippen LogP) is 7.98. The molecule has 4 heteroatoms. The molecule has 0 bridgehead atoms. The molecule has 1 amide bonds. The summed E-state index contributed by atoms with van der Waals surface area (Å²) in [7, 11) is 0. The Bertz CT molecular complexity index is 453. The van der Waals surface area contributed by atoms with E-state index in [1.54, 1.807) is 0 Å². The molecular weight excluding hydrogens is 412 g/mol. The molecule has 1 saturated heterocycles. The zero-order chi connectivity index (χ0) is 22.7. The summed E-state index contributed by atoms with van der Waals surface area (Å²) in [6.45, 7) is 3.15. The highest BCUT2D eigenvalue weighted by molar-refractivity contribution is 8.00. The Labute approximate surface area is 204 Å². The third kappa shape index (κ3) is 12.9. The summed E-state index contributed by atoms with van der Waals surface area (Å²) >= 11 is 1.98. The Morgan fingerprint density at radius 2 is 1.25 bits per heavy atom. The number of unbranched alkanes of at least 4 members (excludes halogenated alkanes) is 15. The summed E-state index contributed by atoms with van der Waals surface area (Å²) in [6, 6.07) is 0.0352. The second kappa shape index (κ2) is 19.1. The lowest BCUT2D eigenvalue weighted by molar-refractivity contribution is -0.122. The zero-order valence-electron chi connectivity index (χ0n) is 21.3. The maximum Gasteiger partial charge on any atom is 0.238 e. The number of carbonyl (C=O) groups excluding carboxylic acids is 1. The van der Waals surface area contributed by atoms with Crippen molar-refractivity contribution in [1.82, 2.24) is 10.6 Å². The molecule has 2 N–H and O–H groups in total. The fraction of sp³-hybridized carbons (Fsp3) is 0.964. The number of nitrogens with one attached hydrogen (secondary N) is 2. The maximum absolute atomic E-state index is 12.4. The van der Waals surface area contributed by atoms with Crippen LogP contribution in [0.2, 0.25) is 0 Å². The van der Waals surface area contributed by atoms with Gasteiger partial charge in [-0.05, 0) is 25.2 Å². The molecule has 3 nitrogen and oxygen atoms in total. The highest BCUT2D eigenvalue weighted by atomic mass is 32.2. The first-order chi connectivity index (χ1) is 15.8. The van der Waals surface area contributed by atoms with Crippen LogP contribution in [0.15, 0.2) is 0 Å². The smallest absolute Gasteiger partial charge is 0.238 e. The minimum absolute atomic E-state index is 0.0352. The molecule has 32 heavy (non-hydrogen) atoms. The van der Waals surface area contributed by atoms with E-state index in [9.17, 15) is 4.79 Å². The zero-order valence-corrected chi connectivity index (χ0v) is 22.1. The molecule has 1 aliphatic carbocycles. The molecule has 0 spiro atoms. The minimum Gasteiger partial charge on any atom is -0.355 e. The van der Waals surface area contributed by atoms with Crippen LogP contribution in [0.5, 0.6) is 0 Å². The summed E-state index contributed by atoms with van der Waals surface area (Å²) in [6.07, 6.45) is 29.1. The van der Waals surface area contributed by atoms with Crippen LogP contribution in [0.1, 0.15) is 142 Å². The van der Waals surface area contributed by atoms with Crippen LogP contribution in [0.4, 0.5) is 0 Å². The molecule has 1 saturated carbocycles. The van der Waals surface area contributed by atoms with Crippen LogP contribution < -0.4 is 10.6 Å². The van der Waals surface area contributed by atoms with Crippen molar-refractivity contribution in [3.05, 3.63) is 0 Å². The molecule has 2 fully saturated rings. The number of amides is 1. The normalized spacial score (nSPS) is 21.8. The van der Waals surface area contributed by atoms with Crippen molar-refractivity contribution in [3.8, 4) is 0 Å². The van der Waals surface area contributed by atoms with Gasteiger partial charge in [0.15, 0.2) is 0 Å². The number of hydrogen-bond donors (Lipinski definition) is 2. The number of thioether (sulfide) groups is 1. The molecule has 0 aromatic carbocycles. The van der Waals surface area contributed by atoms with Crippen molar-refractivity contribution in [3.63, 3.8) is 0 Å². The van der Waals surface area contributed by atoms with E-state index >= 15 is 0 Å².